The van der Waals surface area contributed by atoms with Crippen molar-refractivity contribution in [2.75, 3.05) is 4.90 Å². The second kappa shape index (κ2) is 10.6. The lowest BCUT2D eigenvalue weighted by molar-refractivity contribution is -0.384. The van der Waals surface area contributed by atoms with Crippen molar-refractivity contribution in [2.45, 2.75) is 6.61 Å². The van der Waals surface area contributed by atoms with E-state index in [1.54, 1.807) is 18.2 Å². The number of rotatable bonds is 6. The minimum absolute atomic E-state index is 0.0456. The molecule has 0 aromatic heterocycles. The molecule has 0 radical (unpaired) electrons. The monoisotopic (exact) mass is 633 g/mol. The molecule has 3 aromatic carbocycles. The Morgan fingerprint density at radius 3 is 2.39 bits per heavy atom. The van der Waals surface area contributed by atoms with Gasteiger partial charge in [0.15, 0.2) is 0 Å². The number of nitrogens with zero attached hydrogens (tertiary/aromatic N) is 2. The Labute approximate surface area is 226 Å². The molecule has 36 heavy (non-hydrogen) atoms. The van der Waals surface area contributed by atoms with Crippen LogP contribution in [0.3, 0.4) is 0 Å². The van der Waals surface area contributed by atoms with E-state index in [9.17, 15) is 24.5 Å². The highest BCUT2D eigenvalue weighted by molar-refractivity contribution is 9.11. The summed E-state index contributed by atoms with van der Waals surface area (Å²) in [7, 11) is 0. The lowest BCUT2D eigenvalue weighted by Gasteiger charge is -2.26. The average molecular weight is 636 g/mol. The summed E-state index contributed by atoms with van der Waals surface area (Å²) in [6.45, 7) is 0.207. The molecule has 0 aliphatic carbocycles. The van der Waals surface area contributed by atoms with Gasteiger partial charge in [0, 0.05) is 22.7 Å². The highest BCUT2D eigenvalue weighted by Gasteiger charge is 2.37. The van der Waals surface area contributed by atoms with E-state index in [4.69, 9.17) is 16.3 Å². The van der Waals surface area contributed by atoms with Gasteiger partial charge in [-0.3, -0.25) is 25.0 Å². The fraction of sp³-hybridized carbons (Fsp3) is 0.0417. The summed E-state index contributed by atoms with van der Waals surface area (Å²) < 4.78 is 6.95. The summed E-state index contributed by atoms with van der Waals surface area (Å²) in [5.41, 5.74) is 0.557. The predicted octanol–water partition coefficient (Wildman–Crippen LogP) is 6.02. The number of barbiturate groups is 1. The Kier molecular flexibility index (Phi) is 7.53. The Balaban J connectivity index is 1.63. The van der Waals surface area contributed by atoms with Crippen molar-refractivity contribution in [3.05, 3.63) is 101 Å². The first-order valence-electron chi connectivity index (χ1n) is 10.2. The zero-order chi connectivity index (χ0) is 26.0. The highest BCUT2D eigenvalue weighted by atomic mass is 79.9. The number of carbonyl (C=O) groups is 3. The molecule has 9 nitrogen and oxygen atoms in total. The van der Waals surface area contributed by atoms with Gasteiger partial charge in [0.25, 0.3) is 17.5 Å². The van der Waals surface area contributed by atoms with Crippen LogP contribution in [0.5, 0.6) is 5.75 Å². The topological polar surface area (TPSA) is 119 Å². The van der Waals surface area contributed by atoms with Crippen molar-refractivity contribution >= 4 is 78.8 Å². The maximum Gasteiger partial charge on any atom is 0.335 e. The molecule has 1 saturated heterocycles. The summed E-state index contributed by atoms with van der Waals surface area (Å²) in [6.07, 6.45) is 1.31. The van der Waals surface area contributed by atoms with Crippen LogP contribution in [0.25, 0.3) is 6.08 Å². The molecule has 12 heteroatoms. The number of anilines is 1. The van der Waals surface area contributed by atoms with Crippen LogP contribution in [0.1, 0.15) is 11.1 Å². The molecule has 0 spiro atoms. The summed E-state index contributed by atoms with van der Waals surface area (Å²) in [6, 6.07) is 14.5. The third-order valence-electron chi connectivity index (χ3n) is 5.06. The molecular formula is C24H14Br2ClN3O6. The predicted molar refractivity (Wildman–Crippen MR) is 140 cm³/mol. The van der Waals surface area contributed by atoms with Gasteiger partial charge < -0.3 is 4.74 Å². The van der Waals surface area contributed by atoms with E-state index in [1.165, 1.54) is 24.3 Å². The Bertz CT molecular complexity index is 1440. The van der Waals surface area contributed by atoms with Crippen LogP contribution < -0.4 is 15.0 Å². The molecular weight excluding hydrogens is 622 g/mol. The number of urea groups is 1. The second-order valence-electron chi connectivity index (χ2n) is 7.43. The minimum atomic E-state index is -1.01. The second-order valence-corrected chi connectivity index (χ2v) is 9.54. The van der Waals surface area contributed by atoms with Gasteiger partial charge in [-0.05, 0) is 67.8 Å². The number of non-ortho nitro benzene ring substituents is 1. The van der Waals surface area contributed by atoms with Crippen LogP contribution in [0, 0.1) is 10.1 Å². The van der Waals surface area contributed by atoms with Crippen molar-refractivity contribution in [3.63, 3.8) is 0 Å². The number of nitro groups is 1. The lowest BCUT2D eigenvalue weighted by Crippen LogP contribution is -2.54. The first kappa shape index (κ1) is 25.5. The number of ether oxygens (including phenoxy) is 1. The van der Waals surface area contributed by atoms with E-state index in [0.29, 0.717) is 30.2 Å². The fourth-order valence-corrected chi connectivity index (χ4v) is 5.01. The molecule has 4 amide bonds. The average Bonchev–Trinajstić information content (AvgIpc) is 2.82. The van der Waals surface area contributed by atoms with E-state index in [0.717, 1.165) is 11.6 Å². The lowest BCUT2D eigenvalue weighted by atomic mass is 10.1. The molecule has 1 N–H and O–H groups in total. The Hall–Kier alpha value is -3.54. The molecule has 1 aliphatic heterocycles. The van der Waals surface area contributed by atoms with E-state index in [-0.39, 0.29) is 23.6 Å². The first-order chi connectivity index (χ1) is 17.2. The molecule has 0 bridgehead atoms. The maximum absolute atomic E-state index is 13.1. The number of benzene rings is 3. The van der Waals surface area contributed by atoms with Crippen molar-refractivity contribution < 1.29 is 24.0 Å². The first-order valence-corrected chi connectivity index (χ1v) is 12.1. The van der Waals surface area contributed by atoms with Crippen molar-refractivity contribution in [1.82, 2.24) is 5.32 Å². The van der Waals surface area contributed by atoms with E-state index in [2.05, 4.69) is 37.2 Å². The molecule has 4 rings (SSSR count). The number of amides is 4. The summed E-state index contributed by atoms with van der Waals surface area (Å²) >= 11 is 13.0. The largest absolute Gasteiger partial charge is 0.486 e. The van der Waals surface area contributed by atoms with Crippen molar-refractivity contribution in [1.29, 1.82) is 0 Å². The quantitative estimate of drug-likeness (QED) is 0.153. The normalized spacial score (nSPS) is 14.7. The van der Waals surface area contributed by atoms with E-state index >= 15 is 0 Å². The summed E-state index contributed by atoms with van der Waals surface area (Å²) in [5, 5.41) is 13.8. The summed E-state index contributed by atoms with van der Waals surface area (Å²) in [5.74, 6) is -1.33. The number of imide groups is 2. The molecule has 1 heterocycles. The number of nitrogens with one attached hydrogen (secondary N) is 1. The molecule has 0 saturated carbocycles. The number of hydrogen-bond acceptors (Lipinski definition) is 6. The maximum atomic E-state index is 13.1. The van der Waals surface area contributed by atoms with Crippen molar-refractivity contribution in [3.8, 4) is 5.75 Å². The molecule has 0 unspecified atom stereocenters. The van der Waals surface area contributed by atoms with Gasteiger partial charge in [-0.15, -0.1) is 0 Å². The molecule has 0 atom stereocenters. The van der Waals surface area contributed by atoms with Crippen LogP contribution in [0.2, 0.25) is 5.02 Å². The minimum Gasteiger partial charge on any atom is -0.486 e. The number of nitro benzene ring substituents is 1. The van der Waals surface area contributed by atoms with Crippen LogP contribution in [-0.2, 0) is 16.2 Å². The molecule has 182 valence electrons. The zero-order valence-corrected chi connectivity index (χ0v) is 22.0. The number of hydrogen-bond donors (Lipinski definition) is 1. The van der Waals surface area contributed by atoms with Gasteiger partial charge in [-0.1, -0.05) is 35.9 Å². The number of halogens is 3. The third kappa shape index (κ3) is 5.32. The smallest absolute Gasteiger partial charge is 0.335 e. The van der Waals surface area contributed by atoms with Gasteiger partial charge in [0.2, 0.25) is 0 Å². The fourth-order valence-electron chi connectivity index (χ4n) is 3.37. The standard InChI is InChI=1S/C24H14Br2ClN3O6/c25-18-9-13(10-19(26)21(18)36-12-14-4-1-2-7-20(14)27)8-17-22(31)28-24(33)29(23(17)32)15-5-3-6-16(11-15)30(34)35/h1-11H,12H2,(H,28,31,33)/b17-8+. The zero-order valence-electron chi connectivity index (χ0n) is 18.0. The van der Waals surface area contributed by atoms with Crippen LogP contribution >= 0.6 is 43.5 Å². The van der Waals surface area contributed by atoms with Crippen molar-refractivity contribution in [2.24, 2.45) is 0 Å². The van der Waals surface area contributed by atoms with Gasteiger partial charge in [-0.2, -0.15) is 0 Å². The molecule has 3 aromatic rings. The van der Waals surface area contributed by atoms with Gasteiger partial charge >= 0.3 is 6.03 Å². The molecule has 1 fully saturated rings. The van der Waals surface area contributed by atoms with E-state index in [1.807, 2.05) is 18.2 Å². The summed E-state index contributed by atoms with van der Waals surface area (Å²) in [4.78, 5) is 49.1. The Morgan fingerprint density at radius 1 is 1.03 bits per heavy atom. The van der Waals surface area contributed by atoms with Gasteiger partial charge in [0.05, 0.1) is 19.6 Å². The van der Waals surface area contributed by atoms with Crippen LogP contribution in [0.4, 0.5) is 16.2 Å². The van der Waals surface area contributed by atoms with Gasteiger partial charge in [-0.25, -0.2) is 9.69 Å². The van der Waals surface area contributed by atoms with Crippen LogP contribution in [0.15, 0.2) is 75.2 Å². The molecule has 1 aliphatic rings. The highest BCUT2D eigenvalue weighted by Crippen LogP contribution is 2.36. The number of carbonyl (C=O) groups excluding carboxylic acids is 3. The van der Waals surface area contributed by atoms with Gasteiger partial charge in [0.1, 0.15) is 17.9 Å². The van der Waals surface area contributed by atoms with Crippen LogP contribution in [-0.4, -0.2) is 22.8 Å². The SMILES string of the molecule is O=C1NC(=O)N(c2cccc([N+](=O)[O-])c2)C(=O)/C1=C/c1cc(Br)c(OCc2ccccc2Cl)c(Br)c1. The third-order valence-corrected chi connectivity index (χ3v) is 6.61. The van der Waals surface area contributed by atoms with E-state index < -0.39 is 22.8 Å². The Morgan fingerprint density at radius 2 is 1.72 bits per heavy atom.